The summed E-state index contributed by atoms with van der Waals surface area (Å²) in [6, 6.07) is 8.27. The van der Waals surface area contributed by atoms with Gasteiger partial charge in [-0.1, -0.05) is 31.4 Å². The van der Waals surface area contributed by atoms with Crippen molar-refractivity contribution in [1.82, 2.24) is 5.32 Å². The maximum absolute atomic E-state index is 5.13. The van der Waals surface area contributed by atoms with Gasteiger partial charge in [0.15, 0.2) is 0 Å². The minimum atomic E-state index is 0.929. The van der Waals surface area contributed by atoms with Crippen LogP contribution in [0.1, 0.15) is 31.2 Å². The number of hydrogen-bond donors (Lipinski definition) is 1. The first kappa shape index (κ1) is 11.5. The lowest BCUT2D eigenvalue weighted by atomic mass is 9.83. The molecule has 2 nitrogen and oxygen atoms in total. The third-order valence-corrected chi connectivity index (χ3v) is 3.44. The van der Waals surface area contributed by atoms with Gasteiger partial charge in [0.1, 0.15) is 5.75 Å². The van der Waals surface area contributed by atoms with Crippen molar-refractivity contribution in [2.24, 2.45) is 5.92 Å². The number of rotatable bonds is 6. The molecule has 0 atom stereocenters. The second-order valence-corrected chi connectivity index (χ2v) is 4.61. The van der Waals surface area contributed by atoms with Crippen LogP contribution in [0.2, 0.25) is 0 Å². The van der Waals surface area contributed by atoms with Gasteiger partial charge in [-0.3, -0.25) is 0 Å². The van der Waals surface area contributed by atoms with Crippen molar-refractivity contribution in [2.45, 2.75) is 32.2 Å². The Labute approximate surface area is 98.0 Å². The highest BCUT2D eigenvalue weighted by molar-refractivity contribution is 5.26. The monoisotopic (exact) mass is 219 g/mol. The Kier molecular flexibility index (Phi) is 4.23. The molecule has 0 heterocycles. The van der Waals surface area contributed by atoms with E-state index in [0.29, 0.717) is 0 Å². The van der Waals surface area contributed by atoms with Crippen LogP contribution in [0.15, 0.2) is 24.3 Å². The fourth-order valence-electron chi connectivity index (χ4n) is 2.06. The van der Waals surface area contributed by atoms with Crippen molar-refractivity contribution in [1.29, 1.82) is 0 Å². The maximum Gasteiger partial charge on any atom is 0.118 e. The lowest BCUT2D eigenvalue weighted by Crippen LogP contribution is -2.21. The van der Waals surface area contributed by atoms with Crippen LogP contribution in [0.5, 0.6) is 5.75 Å². The summed E-state index contributed by atoms with van der Waals surface area (Å²) in [6.45, 7) is 2.12. The molecule has 1 aliphatic rings. The number of nitrogens with one attached hydrogen (secondary N) is 1. The molecule has 16 heavy (non-hydrogen) atoms. The lowest BCUT2D eigenvalue weighted by Gasteiger charge is -2.25. The highest BCUT2D eigenvalue weighted by Gasteiger charge is 2.15. The second-order valence-electron chi connectivity index (χ2n) is 4.61. The van der Waals surface area contributed by atoms with E-state index < -0.39 is 0 Å². The summed E-state index contributed by atoms with van der Waals surface area (Å²) in [5.41, 5.74) is 1.33. The molecule has 0 aromatic heterocycles. The number of ether oxygens (including phenoxy) is 1. The second kappa shape index (κ2) is 5.90. The van der Waals surface area contributed by atoms with Gasteiger partial charge < -0.3 is 10.1 Å². The molecular formula is C14H21NO. The van der Waals surface area contributed by atoms with Gasteiger partial charge in [0.2, 0.25) is 0 Å². The molecule has 0 bridgehead atoms. The summed E-state index contributed by atoms with van der Waals surface area (Å²) >= 11 is 0. The highest BCUT2D eigenvalue weighted by atomic mass is 16.5. The molecule has 0 saturated heterocycles. The zero-order chi connectivity index (χ0) is 11.2. The van der Waals surface area contributed by atoms with E-state index in [1.807, 2.05) is 12.1 Å². The smallest absolute Gasteiger partial charge is 0.118 e. The van der Waals surface area contributed by atoms with E-state index in [-0.39, 0.29) is 0 Å². The molecule has 0 spiro atoms. The van der Waals surface area contributed by atoms with Gasteiger partial charge in [0, 0.05) is 6.54 Å². The molecule has 1 aliphatic carbocycles. The first-order valence-electron chi connectivity index (χ1n) is 6.22. The van der Waals surface area contributed by atoms with Crippen molar-refractivity contribution < 1.29 is 4.74 Å². The zero-order valence-electron chi connectivity index (χ0n) is 10.0. The van der Waals surface area contributed by atoms with E-state index in [2.05, 4.69) is 17.4 Å². The van der Waals surface area contributed by atoms with Crippen molar-refractivity contribution >= 4 is 0 Å². The predicted molar refractivity (Wildman–Crippen MR) is 66.7 cm³/mol. The van der Waals surface area contributed by atoms with Crippen LogP contribution in [0.4, 0.5) is 0 Å². The van der Waals surface area contributed by atoms with E-state index in [4.69, 9.17) is 4.74 Å². The van der Waals surface area contributed by atoms with Crippen LogP contribution < -0.4 is 10.1 Å². The zero-order valence-corrected chi connectivity index (χ0v) is 10.0. The standard InChI is InChI=1S/C14H21NO/c1-16-14-7-5-13(6-8-14)11-15-10-9-12-3-2-4-12/h5-8,12,15H,2-4,9-11H2,1H3. The minimum absolute atomic E-state index is 0.929. The third kappa shape index (κ3) is 3.24. The fraction of sp³-hybridized carbons (Fsp3) is 0.571. The lowest BCUT2D eigenvalue weighted by molar-refractivity contribution is 0.292. The molecule has 0 amide bonds. The Balaban J connectivity index is 1.64. The maximum atomic E-state index is 5.13. The summed E-state index contributed by atoms with van der Waals surface area (Å²) in [5, 5.41) is 3.50. The first-order valence-corrected chi connectivity index (χ1v) is 6.22. The van der Waals surface area contributed by atoms with Crippen molar-refractivity contribution in [2.75, 3.05) is 13.7 Å². The first-order chi connectivity index (χ1) is 7.88. The molecule has 1 aromatic rings. The normalized spacial score (nSPS) is 15.8. The summed E-state index contributed by atoms with van der Waals surface area (Å²) < 4.78 is 5.13. The van der Waals surface area contributed by atoms with Gasteiger partial charge in [0.25, 0.3) is 0 Å². The van der Waals surface area contributed by atoms with E-state index in [1.54, 1.807) is 7.11 Å². The molecule has 1 N–H and O–H groups in total. The fourth-order valence-corrected chi connectivity index (χ4v) is 2.06. The highest BCUT2D eigenvalue weighted by Crippen LogP contribution is 2.28. The number of methoxy groups -OCH3 is 1. The molecular weight excluding hydrogens is 198 g/mol. The van der Waals surface area contributed by atoms with Gasteiger partial charge in [-0.05, 0) is 36.6 Å². The molecule has 0 radical (unpaired) electrons. The average Bonchev–Trinajstić information content (AvgIpc) is 2.27. The van der Waals surface area contributed by atoms with Crippen molar-refractivity contribution in [3.8, 4) is 5.75 Å². The van der Waals surface area contributed by atoms with Crippen LogP contribution in [0.25, 0.3) is 0 Å². The SMILES string of the molecule is COc1ccc(CNCCC2CCC2)cc1. The van der Waals surface area contributed by atoms with Crippen LogP contribution in [-0.4, -0.2) is 13.7 Å². The number of benzene rings is 1. The molecule has 2 heteroatoms. The van der Waals surface area contributed by atoms with Gasteiger partial charge in [-0.15, -0.1) is 0 Å². The summed E-state index contributed by atoms with van der Waals surface area (Å²) in [6.07, 6.45) is 5.69. The quantitative estimate of drug-likeness (QED) is 0.743. The summed E-state index contributed by atoms with van der Waals surface area (Å²) in [7, 11) is 1.70. The van der Waals surface area contributed by atoms with Gasteiger partial charge in [-0.2, -0.15) is 0 Å². The van der Waals surface area contributed by atoms with E-state index in [1.165, 1.54) is 31.2 Å². The molecule has 1 aromatic carbocycles. The topological polar surface area (TPSA) is 21.3 Å². The van der Waals surface area contributed by atoms with Crippen molar-refractivity contribution in [3.63, 3.8) is 0 Å². The predicted octanol–water partition coefficient (Wildman–Crippen LogP) is 2.98. The van der Waals surface area contributed by atoms with Gasteiger partial charge >= 0.3 is 0 Å². The van der Waals surface area contributed by atoms with Crippen LogP contribution in [-0.2, 0) is 6.54 Å². The third-order valence-electron chi connectivity index (χ3n) is 3.44. The van der Waals surface area contributed by atoms with Gasteiger partial charge in [0.05, 0.1) is 7.11 Å². The van der Waals surface area contributed by atoms with Gasteiger partial charge in [-0.25, -0.2) is 0 Å². The molecule has 1 saturated carbocycles. The molecule has 1 fully saturated rings. The number of hydrogen-bond acceptors (Lipinski definition) is 2. The largest absolute Gasteiger partial charge is 0.497 e. The molecule has 88 valence electrons. The van der Waals surface area contributed by atoms with Crippen LogP contribution >= 0.6 is 0 Å². The van der Waals surface area contributed by atoms with Crippen LogP contribution in [0, 0.1) is 5.92 Å². The van der Waals surface area contributed by atoms with Crippen LogP contribution in [0.3, 0.4) is 0 Å². The summed E-state index contributed by atoms with van der Waals surface area (Å²) in [5.74, 6) is 1.93. The van der Waals surface area contributed by atoms with Crippen molar-refractivity contribution in [3.05, 3.63) is 29.8 Å². The Morgan fingerprint density at radius 1 is 1.25 bits per heavy atom. The molecule has 2 rings (SSSR count). The molecule has 0 aliphatic heterocycles. The average molecular weight is 219 g/mol. The minimum Gasteiger partial charge on any atom is -0.497 e. The molecule has 0 unspecified atom stereocenters. The van der Waals surface area contributed by atoms with E-state index in [0.717, 1.165) is 24.8 Å². The Hall–Kier alpha value is -1.02. The Morgan fingerprint density at radius 3 is 2.56 bits per heavy atom. The van der Waals surface area contributed by atoms with E-state index >= 15 is 0 Å². The van der Waals surface area contributed by atoms with E-state index in [9.17, 15) is 0 Å². The Bertz CT molecular complexity index is 303. The summed E-state index contributed by atoms with van der Waals surface area (Å²) in [4.78, 5) is 0. The Morgan fingerprint density at radius 2 is 2.00 bits per heavy atom.